The van der Waals surface area contributed by atoms with Gasteiger partial charge >= 0.3 is 6.09 Å². The first-order valence-electron chi connectivity index (χ1n) is 5.27. The lowest BCUT2D eigenvalue weighted by atomic mass is 10.1. The van der Waals surface area contributed by atoms with E-state index in [0.717, 1.165) is 0 Å². The maximum absolute atomic E-state index is 11.4. The summed E-state index contributed by atoms with van der Waals surface area (Å²) >= 11 is 0. The van der Waals surface area contributed by atoms with Crippen LogP contribution in [0.1, 0.15) is 13.8 Å². The molecular formula is C12H18N2O3. The molecule has 1 rings (SSSR count). The number of methoxy groups -OCH3 is 1. The van der Waals surface area contributed by atoms with Crippen LogP contribution in [0.15, 0.2) is 24.3 Å². The van der Waals surface area contributed by atoms with Gasteiger partial charge in [0, 0.05) is 17.3 Å². The smallest absolute Gasteiger partial charge is 0.411 e. The van der Waals surface area contributed by atoms with Crippen molar-refractivity contribution in [3.05, 3.63) is 24.3 Å². The van der Waals surface area contributed by atoms with E-state index in [1.54, 1.807) is 45.2 Å². The summed E-state index contributed by atoms with van der Waals surface area (Å²) in [5.41, 5.74) is 5.78. The van der Waals surface area contributed by atoms with Crippen LogP contribution in [-0.4, -0.2) is 25.3 Å². The Morgan fingerprint density at radius 1 is 1.47 bits per heavy atom. The van der Waals surface area contributed by atoms with E-state index in [0.29, 0.717) is 11.4 Å². The van der Waals surface area contributed by atoms with Crippen molar-refractivity contribution < 1.29 is 14.3 Å². The third-order valence-electron chi connectivity index (χ3n) is 1.89. The zero-order chi connectivity index (χ0) is 12.9. The number of rotatable bonds is 4. The zero-order valence-corrected chi connectivity index (χ0v) is 10.3. The monoisotopic (exact) mass is 238 g/mol. The Balaban J connectivity index is 2.50. The summed E-state index contributed by atoms with van der Waals surface area (Å²) in [5.74, 6) is 0.668. The first kappa shape index (κ1) is 13.3. The molecule has 0 aliphatic rings. The van der Waals surface area contributed by atoms with Gasteiger partial charge in [0.1, 0.15) is 12.4 Å². The molecule has 0 spiro atoms. The minimum absolute atomic E-state index is 0.156. The fraction of sp³-hybridized carbons (Fsp3) is 0.417. The summed E-state index contributed by atoms with van der Waals surface area (Å²) in [6.45, 7) is 3.72. The number of hydrogen-bond acceptors (Lipinski definition) is 4. The number of carbonyl (C=O) groups excluding carboxylic acids is 1. The third kappa shape index (κ3) is 5.21. The first-order valence-corrected chi connectivity index (χ1v) is 5.27. The summed E-state index contributed by atoms with van der Waals surface area (Å²) < 4.78 is 10.0. The molecule has 5 nitrogen and oxygen atoms in total. The van der Waals surface area contributed by atoms with E-state index in [9.17, 15) is 4.79 Å². The van der Waals surface area contributed by atoms with Gasteiger partial charge in [-0.3, -0.25) is 5.32 Å². The van der Waals surface area contributed by atoms with Crippen molar-refractivity contribution in [1.29, 1.82) is 0 Å². The predicted octanol–water partition coefficient (Wildman–Crippen LogP) is 1.98. The summed E-state index contributed by atoms with van der Waals surface area (Å²) in [6.07, 6.45) is -0.531. The van der Waals surface area contributed by atoms with E-state index in [2.05, 4.69) is 5.32 Å². The lowest BCUT2D eigenvalue weighted by Gasteiger charge is -2.18. The number of anilines is 1. The van der Waals surface area contributed by atoms with E-state index in [1.165, 1.54) is 0 Å². The second kappa shape index (κ2) is 5.54. The molecule has 0 aliphatic carbocycles. The number of benzene rings is 1. The molecule has 0 fully saturated rings. The first-order chi connectivity index (χ1) is 7.90. The van der Waals surface area contributed by atoms with E-state index in [-0.39, 0.29) is 6.61 Å². The van der Waals surface area contributed by atoms with Crippen molar-refractivity contribution in [3.63, 3.8) is 0 Å². The summed E-state index contributed by atoms with van der Waals surface area (Å²) in [6, 6.07) is 7.02. The second-order valence-corrected chi connectivity index (χ2v) is 4.42. The molecule has 0 aromatic heterocycles. The Bertz CT molecular complexity index is 386. The maximum Gasteiger partial charge on any atom is 0.411 e. The standard InChI is InChI=1S/C12H18N2O3/c1-12(2,13)8-17-11(15)14-9-5-4-6-10(7-9)16-3/h4-7H,8,13H2,1-3H3,(H,14,15). The third-order valence-corrected chi connectivity index (χ3v) is 1.89. The van der Waals surface area contributed by atoms with Crippen molar-refractivity contribution in [2.45, 2.75) is 19.4 Å². The lowest BCUT2D eigenvalue weighted by Crippen LogP contribution is -2.38. The molecule has 0 saturated carbocycles. The average Bonchev–Trinajstić information content (AvgIpc) is 2.26. The molecule has 0 aliphatic heterocycles. The van der Waals surface area contributed by atoms with Gasteiger partial charge in [0.2, 0.25) is 0 Å². The molecule has 5 heteroatoms. The van der Waals surface area contributed by atoms with Gasteiger partial charge in [0.25, 0.3) is 0 Å². The highest BCUT2D eigenvalue weighted by Gasteiger charge is 2.14. The Morgan fingerprint density at radius 2 is 2.18 bits per heavy atom. The number of carbonyl (C=O) groups is 1. The highest BCUT2D eigenvalue weighted by molar-refractivity contribution is 5.84. The lowest BCUT2D eigenvalue weighted by molar-refractivity contribution is 0.138. The van der Waals surface area contributed by atoms with Crippen LogP contribution in [0, 0.1) is 0 Å². The van der Waals surface area contributed by atoms with E-state index in [1.807, 2.05) is 0 Å². The van der Waals surface area contributed by atoms with Gasteiger partial charge in [-0.2, -0.15) is 0 Å². The Kier molecular flexibility index (Phi) is 4.34. The molecule has 1 amide bonds. The van der Waals surface area contributed by atoms with E-state index >= 15 is 0 Å². The highest BCUT2D eigenvalue weighted by Crippen LogP contribution is 2.16. The zero-order valence-electron chi connectivity index (χ0n) is 10.3. The topological polar surface area (TPSA) is 73.6 Å². The average molecular weight is 238 g/mol. The van der Waals surface area contributed by atoms with Gasteiger partial charge in [-0.25, -0.2) is 4.79 Å². The molecule has 0 radical (unpaired) electrons. The number of hydrogen-bond donors (Lipinski definition) is 2. The maximum atomic E-state index is 11.4. The molecule has 1 aromatic carbocycles. The number of ether oxygens (including phenoxy) is 2. The largest absolute Gasteiger partial charge is 0.497 e. The van der Waals surface area contributed by atoms with Gasteiger partial charge in [-0.15, -0.1) is 0 Å². The Labute approximate surface area is 101 Å². The van der Waals surface area contributed by atoms with Crippen molar-refractivity contribution >= 4 is 11.8 Å². The van der Waals surface area contributed by atoms with Crippen LogP contribution in [0.3, 0.4) is 0 Å². The van der Waals surface area contributed by atoms with Crippen LogP contribution in [0.25, 0.3) is 0 Å². The summed E-state index contributed by atoms with van der Waals surface area (Å²) in [7, 11) is 1.56. The van der Waals surface area contributed by atoms with E-state index in [4.69, 9.17) is 15.2 Å². The number of amides is 1. The molecule has 17 heavy (non-hydrogen) atoms. The molecule has 1 aromatic rings. The van der Waals surface area contributed by atoms with Crippen molar-refractivity contribution in [2.24, 2.45) is 5.73 Å². The quantitative estimate of drug-likeness (QED) is 0.841. The van der Waals surface area contributed by atoms with Crippen molar-refractivity contribution in [1.82, 2.24) is 0 Å². The van der Waals surface area contributed by atoms with Crippen LogP contribution in [-0.2, 0) is 4.74 Å². The second-order valence-electron chi connectivity index (χ2n) is 4.42. The van der Waals surface area contributed by atoms with Gasteiger partial charge in [0.15, 0.2) is 0 Å². The number of nitrogens with one attached hydrogen (secondary N) is 1. The van der Waals surface area contributed by atoms with Crippen LogP contribution in [0.2, 0.25) is 0 Å². The normalized spacial score (nSPS) is 10.8. The highest BCUT2D eigenvalue weighted by atomic mass is 16.5. The van der Waals surface area contributed by atoms with Crippen LogP contribution < -0.4 is 15.8 Å². The molecule has 0 unspecified atom stereocenters. The fourth-order valence-electron chi connectivity index (χ4n) is 1.11. The Morgan fingerprint density at radius 3 is 2.76 bits per heavy atom. The molecular weight excluding hydrogens is 220 g/mol. The van der Waals surface area contributed by atoms with Crippen LogP contribution in [0.4, 0.5) is 10.5 Å². The van der Waals surface area contributed by atoms with Crippen molar-refractivity contribution in [3.8, 4) is 5.75 Å². The molecule has 0 heterocycles. The fourth-order valence-corrected chi connectivity index (χ4v) is 1.11. The predicted molar refractivity (Wildman–Crippen MR) is 66.2 cm³/mol. The molecule has 94 valence electrons. The van der Waals surface area contributed by atoms with Gasteiger partial charge < -0.3 is 15.2 Å². The Hall–Kier alpha value is -1.75. The minimum atomic E-state index is -0.536. The summed E-state index contributed by atoms with van der Waals surface area (Å²) in [4.78, 5) is 11.4. The van der Waals surface area contributed by atoms with Crippen LogP contribution in [0.5, 0.6) is 5.75 Å². The van der Waals surface area contributed by atoms with Gasteiger partial charge in [-0.05, 0) is 26.0 Å². The SMILES string of the molecule is COc1cccc(NC(=O)OCC(C)(C)N)c1. The van der Waals surface area contributed by atoms with Crippen LogP contribution >= 0.6 is 0 Å². The summed E-state index contributed by atoms with van der Waals surface area (Å²) in [5, 5.41) is 2.59. The van der Waals surface area contributed by atoms with Gasteiger partial charge in [0.05, 0.1) is 7.11 Å². The molecule has 3 N–H and O–H groups in total. The molecule has 0 atom stereocenters. The van der Waals surface area contributed by atoms with Gasteiger partial charge in [-0.1, -0.05) is 6.07 Å². The van der Waals surface area contributed by atoms with E-state index < -0.39 is 11.6 Å². The van der Waals surface area contributed by atoms with Crippen molar-refractivity contribution in [2.75, 3.05) is 19.0 Å². The molecule has 0 bridgehead atoms. The minimum Gasteiger partial charge on any atom is -0.497 e. The number of nitrogens with two attached hydrogens (primary N) is 1. The molecule has 0 saturated heterocycles.